The molecule has 0 saturated carbocycles. The second kappa shape index (κ2) is 7.79. The van der Waals surface area contributed by atoms with E-state index in [0.717, 1.165) is 5.56 Å². The first kappa shape index (κ1) is 19.3. The van der Waals surface area contributed by atoms with Crippen LogP contribution in [0.3, 0.4) is 0 Å². The minimum absolute atomic E-state index is 0.0237. The third-order valence-corrected chi connectivity index (χ3v) is 4.68. The Kier molecular flexibility index (Phi) is 5.02. The Labute approximate surface area is 171 Å². The molecule has 30 heavy (non-hydrogen) atoms. The number of nitrogens with one attached hydrogen (secondary N) is 1. The Hall–Kier alpha value is -4.00. The third kappa shape index (κ3) is 3.77. The average Bonchev–Trinajstić information content (AvgIpc) is 3.24. The highest BCUT2D eigenvalue weighted by molar-refractivity contribution is 5.94. The molecule has 2 aromatic carbocycles. The van der Waals surface area contributed by atoms with Crippen LogP contribution >= 0.6 is 0 Å². The van der Waals surface area contributed by atoms with Gasteiger partial charge in [0.25, 0.3) is 5.56 Å². The summed E-state index contributed by atoms with van der Waals surface area (Å²) in [6.07, 6.45) is -0.779. The van der Waals surface area contributed by atoms with Gasteiger partial charge in [0.15, 0.2) is 17.7 Å². The second-order valence-electron chi connectivity index (χ2n) is 6.81. The molecule has 7 nitrogen and oxygen atoms in total. The summed E-state index contributed by atoms with van der Waals surface area (Å²) < 4.78 is 11.0. The van der Waals surface area contributed by atoms with Crippen molar-refractivity contribution in [1.29, 1.82) is 0 Å². The van der Waals surface area contributed by atoms with Crippen molar-refractivity contribution in [1.82, 2.24) is 9.97 Å². The molecule has 0 aliphatic heterocycles. The molecule has 150 valence electrons. The zero-order chi connectivity index (χ0) is 21.3. The van der Waals surface area contributed by atoms with Crippen LogP contribution in [0.15, 0.2) is 69.9 Å². The number of carbonyl (C=O) groups is 2. The first-order valence-corrected chi connectivity index (χ1v) is 9.33. The van der Waals surface area contributed by atoms with Crippen molar-refractivity contribution in [3.05, 3.63) is 88.2 Å². The summed E-state index contributed by atoms with van der Waals surface area (Å²) in [5.74, 6) is 0.0423. The van der Waals surface area contributed by atoms with Crippen LogP contribution in [0.4, 0.5) is 0 Å². The second-order valence-corrected chi connectivity index (χ2v) is 6.81. The highest BCUT2D eigenvalue weighted by atomic mass is 16.6. The predicted molar refractivity (Wildman–Crippen MR) is 110 cm³/mol. The first-order chi connectivity index (χ1) is 14.4. The molecular weight excluding hydrogens is 384 g/mol. The summed E-state index contributed by atoms with van der Waals surface area (Å²) >= 11 is 0. The molecule has 4 rings (SSSR count). The number of para-hydroxylation sites is 1. The van der Waals surface area contributed by atoms with E-state index in [0.29, 0.717) is 22.2 Å². The van der Waals surface area contributed by atoms with Crippen molar-refractivity contribution in [2.24, 2.45) is 0 Å². The van der Waals surface area contributed by atoms with Gasteiger partial charge in [-0.15, -0.1) is 0 Å². The van der Waals surface area contributed by atoms with Gasteiger partial charge in [-0.1, -0.05) is 36.4 Å². The summed E-state index contributed by atoms with van der Waals surface area (Å²) in [4.78, 5) is 43.1. The van der Waals surface area contributed by atoms with Crippen LogP contribution in [0.1, 0.15) is 46.7 Å². The molecule has 0 aliphatic rings. The summed E-state index contributed by atoms with van der Waals surface area (Å²) in [5, 5.41) is 0.464. The molecule has 1 atom stereocenters. The fourth-order valence-corrected chi connectivity index (χ4v) is 3.04. The van der Waals surface area contributed by atoms with E-state index in [1.165, 1.54) is 13.0 Å². The molecule has 0 radical (unpaired) electrons. The van der Waals surface area contributed by atoms with Crippen molar-refractivity contribution in [2.75, 3.05) is 0 Å². The number of hydrogen-bond donors (Lipinski definition) is 1. The Bertz CT molecular complexity index is 1300. The number of ether oxygens (including phenoxy) is 1. The van der Waals surface area contributed by atoms with Gasteiger partial charge < -0.3 is 14.1 Å². The largest absolute Gasteiger partial charge is 0.449 e. The standard InChI is InChI=1S/C23H18N2O5/c1-13(26)15-7-9-16(10-8-15)19-11-12-20(30-19)23(28)29-14(2)21-24-18-6-4-3-5-17(18)22(27)25-21/h3-12,14H,1-2H3,(H,24,25,27)/t14-/m0/s1. The summed E-state index contributed by atoms with van der Waals surface area (Å²) in [6, 6.07) is 17.0. The Morgan fingerprint density at radius 3 is 2.50 bits per heavy atom. The minimum atomic E-state index is -0.779. The van der Waals surface area contributed by atoms with Gasteiger partial charge in [-0.05, 0) is 38.1 Å². The maximum Gasteiger partial charge on any atom is 0.374 e. The predicted octanol–water partition coefficient (Wildman–Crippen LogP) is 4.30. The molecule has 0 unspecified atom stereocenters. The van der Waals surface area contributed by atoms with E-state index < -0.39 is 12.1 Å². The number of rotatable bonds is 5. The number of benzene rings is 2. The number of aromatic amines is 1. The van der Waals surface area contributed by atoms with E-state index in [9.17, 15) is 14.4 Å². The summed E-state index contributed by atoms with van der Waals surface area (Å²) in [6.45, 7) is 3.12. The average molecular weight is 402 g/mol. The van der Waals surface area contributed by atoms with Crippen LogP contribution in [0.25, 0.3) is 22.2 Å². The van der Waals surface area contributed by atoms with Gasteiger partial charge in [-0.3, -0.25) is 9.59 Å². The van der Waals surface area contributed by atoms with E-state index in [4.69, 9.17) is 9.15 Å². The summed E-state index contributed by atoms with van der Waals surface area (Å²) in [7, 11) is 0. The monoisotopic (exact) mass is 402 g/mol. The third-order valence-electron chi connectivity index (χ3n) is 4.68. The van der Waals surface area contributed by atoms with Crippen LogP contribution < -0.4 is 5.56 Å². The number of Topliss-reactive ketones (excluding diaryl/α,β-unsaturated/α-hetero) is 1. The molecule has 0 spiro atoms. The van der Waals surface area contributed by atoms with Gasteiger partial charge in [-0.25, -0.2) is 9.78 Å². The van der Waals surface area contributed by atoms with Crippen molar-refractivity contribution < 1.29 is 18.7 Å². The van der Waals surface area contributed by atoms with E-state index in [1.807, 2.05) is 0 Å². The molecule has 0 amide bonds. The highest BCUT2D eigenvalue weighted by Crippen LogP contribution is 2.24. The van der Waals surface area contributed by atoms with E-state index in [-0.39, 0.29) is 22.9 Å². The van der Waals surface area contributed by atoms with Crippen molar-refractivity contribution in [3.63, 3.8) is 0 Å². The Morgan fingerprint density at radius 2 is 1.77 bits per heavy atom. The highest BCUT2D eigenvalue weighted by Gasteiger charge is 2.20. The molecule has 0 fully saturated rings. The zero-order valence-electron chi connectivity index (χ0n) is 16.3. The van der Waals surface area contributed by atoms with Crippen LogP contribution in [0, 0.1) is 0 Å². The number of furan rings is 1. The smallest absolute Gasteiger partial charge is 0.374 e. The number of esters is 1. The van der Waals surface area contributed by atoms with E-state index in [1.54, 1.807) is 61.5 Å². The minimum Gasteiger partial charge on any atom is -0.449 e. The van der Waals surface area contributed by atoms with Crippen molar-refractivity contribution in [2.45, 2.75) is 20.0 Å². The molecule has 2 heterocycles. The van der Waals surface area contributed by atoms with Gasteiger partial charge in [0, 0.05) is 11.1 Å². The lowest BCUT2D eigenvalue weighted by atomic mass is 10.1. The lowest BCUT2D eigenvalue weighted by Gasteiger charge is -2.12. The first-order valence-electron chi connectivity index (χ1n) is 9.33. The SMILES string of the molecule is CC(=O)c1ccc(-c2ccc(C(=O)O[C@@H](C)c3nc4ccccc4c(=O)[nH]3)o2)cc1. The van der Waals surface area contributed by atoms with Gasteiger partial charge in [0.05, 0.1) is 10.9 Å². The zero-order valence-corrected chi connectivity index (χ0v) is 16.3. The molecule has 4 aromatic rings. The molecule has 0 saturated heterocycles. The summed E-state index contributed by atoms with van der Waals surface area (Å²) in [5.41, 5.74) is 1.55. The van der Waals surface area contributed by atoms with Crippen LogP contribution in [-0.4, -0.2) is 21.7 Å². The van der Waals surface area contributed by atoms with Crippen LogP contribution in [-0.2, 0) is 4.74 Å². The molecular formula is C23H18N2O5. The van der Waals surface area contributed by atoms with Crippen LogP contribution in [0.2, 0.25) is 0 Å². The Balaban J connectivity index is 1.52. The molecule has 2 aromatic heterocycles. The van der Waals surface area contributed by atoms with Gasteiger partial charge in [0.2, 0.25) is 5.76 Å². The van der Waals surface area contributed by atoms with Crippen LogP contribution in [0.5, 0.6) is 0 Å². The van der Waals surface area contributed by atoms with Crippen molar-refractivity contribution >= 4 is 22.7 Å². The maximum atomic E-state index is 12.5. The Morgan fingerprint density at radius 1 is 1.03 bits per heavy atom. The van der Waals surface area contributed by atoms with Gasteiger partial charge in [-0.2, -0.15) is 0 Å². The van der Waals surface area contributed by atoms with Gasteiger partial charge >= 0.3 is 5.97 Å². The fourth-order valence-electron chi connectivity index (χ4n) is 3.04. The molecule has 7 heteroatoms. The fraction of sp³-hybridized carbons (Fsp3) is 0.130. The lowest BCUT2D eigenvalue weighted by Crippen LogP contribution is -2.17. The molecule has 0 aliphatic carbocycles. The van der Waals surface area contributed by atoms with E-state index in [2.05, 4.69) is 9.97 Å². The number of ketones is 1. The van der Waals surface area contributed by atoms with Gasteiger partial charge in [0.1, 0.15) is 5.76 Å². The maximum absolute atomic E-state index is 12.5. The number of hydrogen-bond acceptors (Lipinski definition) is 6. The lowest BCUT2D eigenvalue weighted by molar-refractivity contribution is 0.0284. The molecule has 0 bridgehead atoms. The van der Waals surface area contributed by atoms with Crippen molar-refractivity contribution in [3.8, 4) is 11.3 Å². The quantitative estimate of drug-likeness (QED) is 0.394. The number of fused-ring (bicyclic) bond motifs is 1. The number of nitrogens with zero attached hydrogens (tertiary/aromatic N) is 1. The number of carbonyl (C=O) groups excluding carboxylic acids is 2. The normalized spacial score (nSPS) is 11.9. The number of aromatic nitrogens is 2. The molecule has 1 N–H and O–H groups in total. The number of H-pyrrole nitrogens is 1. The topological polar surface area (TPSA) is 102 Å². The van der Waals surface area contributed by atoms with E-state index >= 15 is 0 Å².